The van der Waals surface area contributed by atoms with Gasteiger partial charge in [0.25, 0.3) is 0 Å². The summed E-state index contributed by atoms with van der Waals surface area (Å²) in [7, 11) is 0. The molecule has 3 aromatic carbocycles. The summed E-state index contributed by atoms with van der Waals surface area (Å²) < 4.78 is 2.28. The van der Waals surface area contributed by atoms with E-state index in [4.69, 9.17) is 0 Å². The number of hydrogen-bond donors (Lipinski definition) is 0. The van der Waals surface area contributed by atoms with Crippen molar-refractivity contribution in [3.05, 3.63) is 108 Å². The van der Waals surface area contributed by atoms with E-state index in [1.165, 1.54) is 44.4 Å². The molecule has 1 heteroatoms. The third-order valence-electron chi connectivity index (χ3n) is 5.99. The Kier molecular flexibility index (Phi) is 3.67. The van der Waals surface area contributed by atoms with E-state index < -0.39 is 0 Å². The number of allylic oxidation sites excluding steroid dienone is 2. The summed E-state index contributed by atoms with van der Waals surface area (Å²) >= 11 is 0. The minimum Gasteiger partial charge on any atom is -0.317 e. The molecule has 0 N–H and O–H groups in total. The summed E-state index contributed by atoms with van der Waals surface area (Å²) in [5.41, 5.74) is 9.13. The van der Waals surface area contributed by atoms with E-state index in [0.717, 1.165) is 0 Å². The van der Waals surface area contributed by atoms with Crippen LogP contribution in [0.1, 0.15) is 30.5 Å². The molecule has 0 radical (unpaired) electrons. The number of benzene rings is 3. The fourth-order valence-electron chi connectivity index (χ4n) is 4.48. The van der Waals surface area contributed by atoms with Crippen molar-refractivity contribution in [1.29, 1.82) is 0 Å². The third-order valence-corrected chi connectivity index (χ3v) is 5.99. The van der Waals surface area contributed by atoms with Gasteiger partial charge in [0, 0.05) is 17.3 Å². The highest BCUT2D eigenvalue weighted by atomic mass is 15.0. The van der Waals surface area contributed by atoms with Crippen LogP contribution in [0.4, 0.5) is 0 Å². The van der Waals surface area contributed by atoms with Gasteiger partial charge in [0.2, 0.25) is 0 Å². The van der Waals surface area contributed by atoms with E-state index >= 15 is 0 Å². The minimum atomic E-state index is -0.0261. The van der Waals surface area contributed by atoms with Gasteiger partial charge in [-0.3, -0.25) is 0 Å². The molecule has 0 spiro atoms. The molecule has 1 aromatic heterocycles. The van der Waals surface area contributed by atoms with E-state index in [1.54, 1.807) is 0 Å². The van der Waals surface area contributed by atoms with Crippen LogP contribution in [0.25, 0.3) is 33.8 Å². The fraction of sp³-hybridized carbons (Fsp3) is 0.111. The first-order valence-electron chi connectivity index (χ1n) is 9.74. The second-order valence-electron chi connectivity index (χ2n) is 8.00. The monoisotopic (exact) mass is 361 g/mol. The molecule has 4 aromatic rings. The summed E-state index contributed by atoms with van der Waals surface area (Å²) in [5.74, 6) is 0. The fourth-order valence-corrected chi connectivity index (χ4v) is 4.48. The molecule has 1 aliphatic carbocycles. The molecular formula is C27H23N. The number of rotatable bonds is 3. The SMILES string of the molecule is C=C/C=C\c1ccc2c(c1)C(C)(C)c1cc(-n3ccc4ccccc43)ccc1-2. The van der Waals surface area contributed by atoms with Crippen LogP contribution in [0.5, 0.6) is 0 Å². The Morgan fingerprint density at radius 3 is 2.43 bits per heavy atom. The first-order chi connectivity index (χ1) is 13.6. The summed E-state index contributed by atoms with van der Waals surface area (Å²) in [6.45, 7) is 8.43. The van der Waals surface area contributed by atoms with Crippen LogP contribution in [0, 0.1) is 0 Å². The summed E-state index contributed by atoms with van der Waals surface area (Å²) in [6.07, 6.45) is 8.09. The van der Waals surface area contributed by atoms with E-state index in [9.17, 15) is 0 Å². The van der Waals surface area contributed by atoms with E-state index in [-0.39, 0.29) is 5.41 Å². The molecule has 1 nitrogen and oxygen atoms in total. The van der Waals surface area contributed by atoms with Crippen molar-refractivity contribution in [1.82, 2.24) is 4.57 Å². The molecule has 1 heterocycles. The van der Waals surface area contributed by atoms with Gasteiger partial charge in [-0.25, -0.2) is 0 Å². The predicted octanol–water partition coefficient (Wildman–Crippen LogP) is 7.14. The molecular weight excluding hydrogens is 338 g/mol. The van der Waals surface area contributed by atoms with Crippen molar-refractivity contribution in [2.24, 2.45) is 0 Å². The number of para-hydroxylation sites is 1. The zero-order valence-corrected chi connectivity index (χ0v) is 16.3. The van der Waals surface area contributed by atoms with Crippen LogP contribution in [0.3, 0.4) is 0 Å². The molecule has 0 bridgehead atoms. The van der Waals surface area contributed by atoms with Gasteiger partial charge in [-0.15, -0.1) is 0 Å². The average molecular weight is 361 g/mol. The van der Waals surface area contributed by atoms with Gasteiger partial charge in [-0.1, -0.05) is 81.1 Å². The average Bonchev–Trinajstić information content (AvgIpc) is 3.24. The van der Waals surface area contributed by atoms with Crippen molar-refractivity contribution in [2.45, 2.75) is 19.3 Å². The number of aromatic nitrogens is 1. The van der Waals surface area contributed by atoms with E-state index in [2.05, 4.69) is 104 Å². The summed E-state index contributed by atoms with van der Waals surface area (Å²) in [4.78, 5) is 0. The van der Waals surface area contributed by atoms with E-state index in [1.807, 2.05) is 12.2 Å². The Bertz CT molecular complexity index is 1250. The standard InChI is InChI=1S/C27H23N/c1-4-5-8-19-11-13-22-23-14-12-21(18-25(23)27(2,3)24(22)17-19)28-16-15-20-9-6-7-10-26(20)28/h4-18H,1H2,2-3H3/b8-5-. The summed E-state index contributed by atoms with van der Waals surface area (Å²) in [6, 6.07) is 24.4. The number of nitrogens with zero attached hydrogens (tertiary/aromatic N) is 1. The highest BCUT2D eigenvalue weighted by Crippen LogP contribution is 2.49. The van der Waals surface area contributed by atoms with Crippen molar-refractivity contribution in [2.75, 3.05) is 0 Å². The molecule has 0 saturated heterocycles. The second kappa shape index (κ2) is 6.10. The maximum Gasteiger partial charge on any atom is 0.0528 e. The minimum absolute atomic E-state index is 0.0261. The molecule has 0 unspecified atom stereocenters. The molecule has 0 fully saturated rings. The van der Waals surface area contributed by atoms with Crippen LogP contribution >= 0.6 is 0 Å². The normalized spacial score (nSPS) is 14.4. The highest BCUT2D eigenvalue weighted by Gasteiger charge is 2.35. The van der Waals surface area contributed by atoms with Crippen molar-refractivity contribution in [3.63, 3.8) is 0 Å². The van der Waals surface area contributed by atoms with Gasteiger partial charge in [0.05, 0.1) is 5.52 Å². The van der Waals surface area contributed by atoms with Crippen molar-refractivity contribution >= 4 is 17.0 Å². The van der Waals surface area contributed by atoms with Crippen LogP contribution in [0.2, 0.25) is 0 Å². The van der Waals surface area contributed by atoms with Crippen LogP contribution in [0.15, 0.2) is 91.7 Å². The van der Waals surface area contributed by atoms with Crippen LogP contribution in [-0.4, -0.2) is 4.57 Å². The molecule has 0 aliphatic heterocycles. The quantitative estimate of drug-likeness (QED) is 0.342. The smallest absolute Gasteiger partial charge is 0.0528 e. The van der Waals surface area contributed by atoms with Gasteiger partial charge in [0.1, 0.15) is 0 Å². The maximum absolute atomic E-state index is 3.78. The lowest BCUT2D eigenvalue weighted by Gasteiger charge is -2.22. The molecule has 0 amide bonds. The van der Waals surface area contributed by atoms with Gasteiger partial charge in [-0.05, 0) is 57.5 Å². The molecule has 0 saturated carbocycles. The zero-order chi connectivity index (χ0) is 19.3. The summed E-state index contributed by atoms with van der Waals surface area (Å²) in [5, 5.41) is 1.27. The van der Waals surface area contributed by atoms with Crippen LogP contribution in [-0.2, 0) is 5.41 Å². The zero-order valence-electron chi connectivity index (χ0n) is 16.3. The van der Waals surface area contributed by atoms with Crippen LogP contribution < -0.4 is 0 Å². The molecule has 136 valence electrons. The number of fused-ring (bicyclic) bond motifs is 4. The Balaban J connectivity index is 1.66. The molecule has 0 atom stereocenters. The van der Waals surface area contributed by atoms with Gasteiger partial charge >= 0.3 is 0 Å². The Labute approximate surface area is 166 Å². The first-order valence-corrected chi connectivity index (χ1v) is 9.74. The number of hydrogen-bond acceptors (Lipinski definition) is 0. The van der Waals surface area contributed by atoms with E-state index in [0.29, 0.717) is 0 Å². The van der Waals surface area contributed by atoms with Crippen molar-refractivity contribution < 1.29 is 0 Å². The van der Waals surface area contributed by atoms with Gasteiger partial charge < -0.3 is 4.57 Å². The molecule has 1 aliphatic rings. The highest BCUT2D eigenvalue weighted by molar-refractivity contribution is 5.85. The Morgan fingerprint density at radius 2 is 1.61 bits per heavy atom. The molecule has 28 heavy (non-hydrogen) atoms. The topological polar surface area (TPSA) is 4.93 Å². The van der Waals surface area contributed by atoms with Gasteiger partial charge in [0.15, 0.2) is 0 Å². The lowest BCUT2D eigenvalue weighted by atomic mass is 9.82. The van der Waals surface area contributed by atoms with Gasteiger partial charge in [-0.2, -0.15) is 0 Å². The largest absolute Gasteiger partial charge is 0.317 e. The third kappa shape index (κ3) is 2.40. The molecule has 5 rings (SSSR count). The Hall–Kier alpha value is -3.32. The first kappa shape index (κ1) is 16.8. The predicted molar refractivity (Wildman–Crippen MR) is 120 cm³/mol. The lowest BCUT2D eigenvalue weighted by Crippen LogP contribution is -2.15. The lowest BCUT2D eigenvalue weighted by molar-refractivity contribution is 0.659. The maximum atomic E-state index is 3.78. The second-order valence-corrected chi connectivity index (χ2v) is 8.00. The van der Waals surface area contributed by atoms with Crippen molar-refractivity contribution in [3.8, 4) is 16.8 Å². The Morgan fingerprint density at radius 1 is 0.857 bits per heavy atom.